The van der Waals surface area contributed by atoms with Gasteiger partial charge in [-0.05, 0) is 79.4 Å². The third-order valence-electron chi connectivity index (χ3n) is 8.35. The summed E-state index contributed by atoms with van der Waals surface area (Å²) in [5.74, 6) is 0.895. The van der Waals surface area contributed by atoms with E-state index in [0.29, 0.717) is 18.8 Å². The minimum atomic E-state index is -4.53. The van der Waals surface area contributed by atoms with E-state index in [1.54, 1.807) is 12.1 Å². The Kier molecular flexibility index (Phi) is 8.67. The summed E-state index contributed by atoms with van der Waals surface area (Å²) in [7, 11) is 2.00. The zero-order chi connectivity index (χ0) is 30.7. The van der Waals surface area contributed by atoms with Crippen molar-refractivity contribution in [2.45, 2.75) is 32.0 Å². The molecule has 0 unspecified atom stereocenters. The number of hydrogen-bond donors (Lipinski definition) is 2. The average Bonchev–Trinajstić information content (AvgIpc) is 3.02. The molecule has 4 aromatic rings. The molecule has 0 spiro atoms. The molecule has 2 aliphatic heterocycles. The van der Waals surface area contributed by atoms with Crippen molar-refractivity contribution in [3.05, 3.63) is 78.0 Å². The number of likely N-dealkylation sites (N-methyl/N-ethyl adjacent to an activating group) is 1. The number of amides is 2. The van der Waals surface area contributed by atoms with E-state index in [4.69, 9.17) is 4.98 Å². The highest BCUT2D eigenvalue weighted by atomic mass is 19.4. The van der Waals surface area contributed by atoms with Crippen molar-refractivity contribution < 1.29 is 18.0 Å². The molecule has 0 aliphatic carbocycles. The topological polar surface area (TPSA) is 76.6 Å². The number of nitrogens with zero attached hydrogens (tertiary/aromatic N) is 5. The maximum atomic E-state index is 13.9. The lowest BCUT2D eigenvalue weighted by Crippen LogP contribution is -2.44. The molecule has 0 radical (unpaired) electrons. The predicted molar refractivity (Wildman–Crippen MR) is 168 cm³/mol. The monoisotopic (exact) mass is 603 g/mol. The number of anilines is 3. The minimum absolute atomic E-state index is 0.0785. The summed E-state index contributed by atoms with van der Waals surface area (Å²) in [6.45, 7) is 5.26. The number of rotatable bonds is 6. The highest BCUT2D eigenvalue weighted by Gasteiger charge is 2.34. The maximum Gasteiger partial charge on any atom is 0.416 e. The standard InChI is InChI=1S/C33H36F3N7O/c1-41-15-17-42(18-16-41)22-25-7-11-27(20-28(25)33(34,35)36)39-32(44)38-26-9-5-23(6-10-26)24-8-12-29-30(19-24)40-31(21-37-29)43-13-3-2-4-14-43/h5-12,19-21H,2-4,13-18,22H2,1H3,(H2,38,39,44). The molecule has 6 rings (SSSR count). The first-order chi connectivity index (χ1) is 21.2. The van der Waals surface area contributed by atoms with Crippen molar-refractivity contribution in [1.82, 2.24) is 19.8 Å². The number of urea groups is 1. The van der Waals surface area contributed by atoms with E-state index in [1.807, 2.05) is 48.5 Å². The van der Waals surface area contributed by atoms with Crippen LogP contribution in [0.1, 0.15) is 30.4 Å². The van der Waals surface area contributed by atoms with Crippen LogP contribution in [0, 0.1) is 0 Å². The molecular formula is C33H36F3N7O. The van der Waals surface area contributed by atoms with Crippen LogP contribution in [0.4, 0.5) is 35.2 Å². The number of nitrogens with one attached hydrogen (secondary N) is 2. The van der Waals surface area contributed by atoms with Gasteiger partial charge in [-0.15, -0.1) is 0 Å². The molecule has 11 heteroatoms. The molecule has 2 saturated heterocycles. The molecule has 2 fully saturated rings. The largest absolute Gasteiger partial charge is 0.416 e. The number of aromatic nitrogens is 2. The summed E-state index contributed by atoms with van der Waals surface area (Å²) in [4.78, 5) is 28.6. The van der Waals surface area contributed by atoms with Crippen molar-refractivity contribution >= 4 is 34.3 Å². The molecule has 0 atom stereocenters. The highest BCUT2D eigenvalue weighted by molar-refractivity contribution is 6.00. The van der Waals surface area contributed by atoms with Gasteiger partial charge >= 0.3 is 12.2 Å². The Bertz CT molecular complexity index is 1610. The fourth-order valence-electron chi connectivity index (χ4n) is 5.80. The number of carbonyl (C=O) groups is 1. The molecule has 44 heavy (non-hydrogen) atoms. The van der Waals surface area contributed by atoms with Crippen LogP contribution in [0.25, 0.3) is 22.2 Å². The first-order valence-corrected chi connectivity index (χ1v) is 15.0. The van der Waals surface area contributed by atoms with E-state index in [9.17, 15) is 18.0 Å². The van der Waals surface area contributed by atoms with Gasteiger partial charge in [0.05, 0.1) is 22.8 Å². The van der Waals surface area contributed by atoms with Gasteiger partial charge < -0.3 is 20.4 Å². The first kappa shape index (κ1) is 29.8. The van der Waals surface area contributed by atoms with Crippen LogP contribution < -0.4 is 15.5 Å². The Balaban J connectivity index is 1.11. The Morgan fingerprint density at radius 1 is 0.795 bits per heavy atom. The Hall–Kier alpha value is -4.22. The zero-order valence-electron chi connectivity index (χ0n) is 24.7. The number of piperazine rings is 1. The third-order valence-corrected chi connectivity index (χ3v) is 8.35. The Morgan fingerprint density at radius 3 is 2.20 bits per heavy atom. The van der Waals surface area contributed by atoms with Crippen molar-refractivity contribution in [3.63, 3.8) is 0 Å². The van der Waals surface area contributed by atoms with Gasteiger partial charge in [0.1, 0.15) is 5.82 Å². The summed E-state index contributed by atoms with van der Waals surface area (Å²) < 4.78 is 41.8. The van der Waals surface area contributed by atoms with Gasteiger partial charge in [-0.3, -0.25) is 9.88 Å². The number of halogens is 3. The molecule has 2 aliphatic rings. The van der Waals surface area contributed by atoms with Gasteiger partial charge in [-0.1, -0.05) is 24.3 Å². The average molecular weight is 604 g/mol. The quantitative estimate of drug-likeness (QED) is 0.256. The molecule has 3 aromatic carbocycles. The van der Waals surface area contributed by atoms with E-state index >= 15 is 0 Å². The van der Waals surface area contributed by atoms with Crippen molar-refractivity contribution in [2.75, 3.05) is 61.8 Å². The van der Waals surface area contributed by atoms with Gasteiger partial charge in [0.15, 0.2) is 0 Å². The maximum absolute atomic E-state index is 13.9. The van der Waals surface area contributed by atoms with Crippen LogP contribution in [0.15, 0.2) is 66.9 Å². The van der Waals surface area contributed by atoms with Crippen LogP contribution >= 0.6 is 0 Å². The second kappa shape index (κ2) is 12.8. The van der Waals surface area contributed by atoms with Gasteiger partial charge in [-0.25, -0.2) is 9.78 Å². The van der Waals surface area contributed by atoms with Crippen LogP contribution in [-0.2, 0) is 12.7 Å². The van der Waals surface area contributed by atoms with Crippen molar-refractivity contribution in [2.24, 2.45) is 0 Å². The third kappa shape index (κ3) is 7.11. The molecule has 8 nitrogen and oxygen atoms in total. The highest BCUT2D eigenvalue weighted by Crippen LogP contribution is 2.35. The number of alkyl halides is 3. The molecule has 0 saturated carbocycles. The van der Waals surface area contributed by atoms with Crippen LogP contribution in [0.5, 0.6) is 0 Å². The SMILES string of the molecule is CN1CCN(Cc2ccc(NC(=O)Nc3ccc(-c4ccc5ncc(N6CCCCC6)nc5c4)cc3)cc2C(F)(F)F)CC1. The number of benzene rings is 3. The smallest absolute Gasteiger partial charge is 0.355 e. The summed E-state index contributed by atoms with van der Waals surface area (Å²) in [5, 5.41) is 5.26. The van der Waals surface area contributed by atoms with E-state index in [1.165, 1.54) is 18.6 Å². The first-order valence-electron chi connectivity index (χ1n) is 15.0. The van der Waals surface area contributed by atoms with E-state index < -0.39 is 17.8 Å². The summed E-state index contributed by atoms with van der Waals surface area (Å²) in [5.41, 5.74) is 3.61. The Labute approximate surface area is 254 Å². The number of fused-ring (bicyclic) bond motifs is 1. The second-order valence-electron chi connectivity index (χ2n) is 11.6. The summed E-state index contributed by atoms with van der Waals surface area (Å²) in [6, 6.07) is 16.6. The van der Waals surface area contributed by atoms with Gasteiger partial charge in [-0.2, -0.15) is 13.2 Å². The predicted octanol–water partition coefficient (Wildman–Crippen LogP) is 6.70. The normalized spacial score (nSPS) is 16.7. The van der Waals surface area contributed by atoms with Crippen molar-refractivity contribution in [1.29, 1.82) is 0 Å². The second-order valence-corrected chi connectivity index (χ2v) is 11.6. The molecule has 2 N–H and O–H groups in total. The molecular weight excluding hydrogens is 567 g/mol. The van der Waals surface area contributed by atoms with E-state index in [2.05, 4.69) is 25.4 Å². The summed E-state index contributed by atoms with van der Waals surface area (Å²) in [6.07, 6.45) is 0.880. The van der Waals surface area contributed by atoms with Crippen molar-refractivity contribution in [3.8, 4) is 11.1 Å². The lowest BCUT2D eigenvalue weighted by atomic mass is 10.0. The molecule has 3 heterocycles. The lowest BCUT2D eigenvalue weighted by Gasteiger charge is -2.33. The van der Waals surface area contributed by atoms with Gasteiger partial charge in [0.2, 0.25) is 0 Å². The number of piperidine rings is 1. The summed E-state index contributed by atoms with van der Waals surface area (Å²) >= 11 is 0. The van der Waals surface area contributed by atoms with E-state index in [0.717, 1.165) is 73.1 Å². The molecule has 1 aromatic heterocycles. The Morgan fingerprint density at radius 2 is 1.48 bits per heavy atom. The molecule has 2 amide bonds. The number of carbonyl (C=O) groups excluding carboxylic acids is 1. The van der Waals surface area contributed by atoms with Gasteiger partial charge in [0.25, 0.3) is 0 Å². The number of hydrogen-bond acceptors (Lipinski definition) is 6. The lowest BCUT2D eigenvalue weighted by molar-refractivity contribution is -0.138. The van der Waals surface area contributed by atoms with Crippen LogP contribution in [0.3, 0.4) is 0 Å². The van der Waals surface area contributed by atoms with Gasteiger partial charge in [0, 0.05) is 57.2 Å². The van der Waals surface area contributed by atoms with E-state index in [-0.39, 0.29) is 17.8 Å². The minimum Gasteiger partial charge on any atom is -0.355 e. The fraction of sp³-hybridized carbons (Fsp3) is 0.364. The fourth-order valence-corrected chi connectivity index (χ4v) is 5.80. The zero-order valence-corrected chi connectivity index (χ0v) is 24.7. The molecule has 0 bridgehead atoms. The molecule has 230 valence electrons. The van der Waals surface area contributed by atoms with Crippen LogP contribution in [-0.4, -0.2) is 72.1 Å². The van der Waals surface area contributed by atoms with Crippen LogP contribution in [0.2, 0.25) is 0 Å².